The fraction of sp³-hybridized carbons (Fsp3) is 0.857. The number of nitrogens with zero attached hydrogens (tertiary/aromatic N) is 1. The van der Waals surface area contributed by atoms with Gasteiger partial charge in [0.1, 0.15) is 0 Å². The van der Waals surface area contributed by atoms with Crippen LogP contribution in [0.5, 0.6) is 0 Å². The summed E-state index contributed by atoms with van der Waals surface area (Å²) in [7, 11) is 0. The number of carbonyl (C=O) groups excluding carboxylic acids is 2. The second kappa shape index (κ2) is 9.78. The number of nitrogens with one attached hydrogen (secondary N) is 2. The summed E-state index contributed by atoms with van der Waals surface area (Å²) in [6, 6.07) is 0. The van der Waals surface area contributed by atoms with Crippen LogP contribution in [0.1, 0.15) is 45.4 Å². The Morgan fingerprint density at radius 3 is 2.53 bits per heavy atom. The smallest absolute Gasteiger partial charge is 0.233 e. The lowest BCUT2D eigenvalue weighted by atomic mass is 10.1. The van der Waals surface area contributed by atoms with E-state index in [0.29, 0.717) is 19.5 Å². The molecule has 5 heteroatoms. The highest BCUT2D eigenvalue weighted by Gasteiger charge is 2.15. The molecule has 1 fully saturated rings. The van der Waals surface area contributed by atoms with Crippen molar-refractivity contribution < 1.29 is 9.59 Å². The van der Waals surface area contributed by atoms with Gasteiger partial charge >= 0.3 is 0 Å². The van der Waals surface area contributed by atoms with Gasteiger partial charge in [0.05, 0.1) is 6.54 Å². The lowest BCUT2D eigenvalue weighted by Crippen LogP contribution is -2.39. The van der Waals surface area contributed by atoms with Crippen molar-refractivity contribution in [2.75, 3.05) is 32.7 Å². The summed E-state index contributed by atoms with van der Waals surface area (Å²) < 4.78 is 0. The molecule has 0 spiro atoms. The van der Waals surface area contributed by atoms with E-state index in [-0.39, 0.29) is 11.8 Å². The average Bonchev–Trinajstić information content (AvgIpc) is 2.44. The first-order valence-corrected chi connectivity index (χ1v) is 7.49. The van der Waals surface area contributed by atoms with Gasteiger partial charge in [-0.15, -0.1) is 0 Å². The normalized spacial score (nSPS) is 15.3. The molecular weight excluding hydrogens is 242 g/mol. The zero-order valence-electron chi connectivity index (χ0n) is 12.0. The second-order valence-corrected chi connectivity index (χ2v) is 5.07. The number of carbonyl (C=O) groups is 2. The summed E-state index contributed by atoms with van der Waals surface area (Å²) in [6.07, 6.45) is 6.07. The standard InChI is InChI=1S/C14H27N3O2/c1-2-3-8-16-13(18)12-15-9-7-14(19)17-10-5-4-6-11-17/h15H,2-12H2,1H3,(H,16,18). The molecular formula is C14H27N3O2. The van der Waals surface area contributed by atoms with Crippen molar-refractivity contribution in [2.24, 2.45) is 0 Å². The highest BCUT2D eigenvalue weighted by molar-refractivity contribution is 5.78. The summed E-state index contributed by atoms with van der Waals surface area (Å²) in [4.78, 5) is 25.2. The Labute approximate surface area is 116 Å². The van der Waals surface area contributed by atoms with Crippen molar-refractivity contribution >= 4 is 11.8 Å². The Morgan fingerprint density at radius 1 is 1.11 bits per heavy atom. The molecule has 1 aliphatic heterocycles. The molecule has 0 unspecified atom stereocenters. The molecule has 0 atom stereocenters. The Hall–Kier alpha value is -1.10. The van der Waals surface area contributed by atoms with Gasteiger partial charge in [0.15, 0.2) is 0 Å². The van der Waals surface area contributed by atoms with E-state index in [1.807, 2.05) is 4.90 Å². The molecule has 2 N–H and O–H groups in total. The van der Waals surface area contributed by atoms with Gasteiger partial charge in [0.2, 0.25) is 11.8 Å². The highest BCUT2D eigenvalue weighted by Crippen LogP contribution is 2.09. The summed E-state index contributed by atoms with van der Waals surface area (Å²) in [5, 5.41) is 5.86. The minimum Gasteiger partial charge on any atom is -0.355 e. The van der Waals surface area contributed by atoms with Crippen LogP contribution in [0.3, 0.4) is 0 Å². The molecule has 0 radical (unpaired) electrons. The lowest BCUT2D eigenvalue weighted by molar-refractivity contribution is -0.132. The van der Waals surface area contributed by atoms with E-state index in [1.165, 1.54) is 6.42 Å². The van der Waals surface area contributed by atoms with Crippen LogP contribution in [0.4, 0.5) is 0 Å². The monoisotopic (exact) mass is 269 g/mol. The minimum atomic E-state index is 0.0128. The summed E-state index contributed by atoms with van der Waals surface area (Å²) in [6.45, 7) is 5.51. The SMILES string of the molecule is CCCCNC(=O)CNCCC(=O)N1CCCCC1. The quantitative estimate of drug-likeness (QED) is 0.644. The molecule has 110 valence electrons. The van der Waals surface area contributed by atoms with E-state index in [2.05, 4.69) is 17.6 Å². The largest absolute Gasteiger partial charge is 0.355 e. The van der Waals surface area contributed by atoms with Crippen molar-refractivity contribution in [3.05, 3.63) is 0 Å². The van der Waals surface area contributed by atoms with Crippen molar-refractivity contribution in [1.82, 2.24) is 15.5 Å². The van der Waals surface area contributed by atoms with E-state index in [4.69, 9.17) is 0 Å². The molecule has 1 saturated heterocycles. The molecule has 5 nitrogen and oxygen atoms in total. The molecule has 1 aliphatic rings. The zero-order chi connectivity index (χ0) is 13.9. The number of amides is 2. The van der Waals surface area contributed by atoms with E-state index < -0.39 is 0 Å². The van der Waals surface area contributed by atoms with E-state index >= 15 is 0 Å². The van der Waals surface area contributed by atoms with Gasteiger partial charge in [0, 0.05) is 32.6 Å². The molecule has 0 aliphatic carbocycles. The number of unbranched alkanes of at least 4 members (excludes halogenated alkanes) is 1. The van der Waals surface area contributed by atoms with Gasteiger partial charge < -0.3 is 15.5 Å². The van der Waals surface area contributed by atoms with Crippen molar-refractivity contribution in [3.8, 4) is 0 Å². The zero-order valence-corrected chi connectivity index (χ0v) is 12.0. The molecule has 0 aromatic heterocycles. The molecule has 0 aromatic carbocycles. The molecule has 1 heterocycles. The van der Waals surface area contributed by atoms with Crippen LogP contribution in [0.15, 0.2) is 0 Å². The first-order chi connectivity index (χ1) is 9.24. The average molecular weight is 269 g/mol. The number of rotatable bonds is 8. The maximum atomic E-state index is 11.8. The van der Waals surface area contributed by atoms with Gasteiger partial charge in [-0.05, 0) is 25.7 Å². The summed E-state index contributed by atoms with van der Waals surface area (Å²) >= 11 is 0. The van der Waals surface area contributed by atoms with Crippen LogP contribution in [-0.4, -0.2) is 49.4 Å². The van der Waals surface area contributed by atoms with Gasteiger partial charge in [-0.2, -0.15) is 0 Å². The molecule has 0 aromatic rings. The first-order valence-electron chi connectivity index (χ1n) is 7.49. The number of likely N-dealkylation sites (tertiary alicyclic amines) is 1. The van der Waals surface area contributed by atoms with Crippen molar-refractivity contribution in [1.29, 1.82) is 0 Å². The van der Waals surface area contributed by atoms with Gasteiger partial charge in [-0.3, -0.25) is 9.59 Å². The molecule has 1 rings (SSSR count). The number of hydrogen-bond donors (Lipinski definition) is 2. The fourth-order valence-electron chi connectivity index (χ4n) is 2.17. The van der Waals surface area contributed by atoms with Crippen LogP contribution in [0.25, 0.3) is 0 Å². The first kappa shape index (κ1) is 16.0. The van der Waals surface area contributed by atoms with Crippen molar-refractivity contribution in [2.45, 2.75) is 45.4 Å². The van der Waals surface area contributed by atoms with E-state index in [0.717, 1.165) is 45.3 Å². The lowest BCUT2D eigenvalue weighted by Gasteiger charge is -2.26. The van der Waals surface area contributed by atoms with Crippen LogP contribution in [-0.2, 0) is 9.59 Å². The third-order valence-electron chi connectivity index (χ3n) is 3.36. The molecule has 0 bridgehead atoms. The number of piperidine rings is 1. The molecule has 19 heavy (non-hydrogen) atoms. The molecule has 2 amide bonds. The fourth-order valence-corrected chi connectivity index (χ4v) is 2.17. The Balaban J connectivity index is 2.00. The van der Waals surface area contributed by atoms with Crippen LogP contribution in [0.2, 0.25) is 0 Å². The van der Waals surface area contributed by atoms with Crippen molar-refractivity contribution in [3.63, 3.8) is 0 Å². The van der Waals surface area contributed by atoms with Crippen LogP contribution >= 0.6 is 0 Å². The molecule has 0 saturated carbocycles. The predicted octanol–water partition coefficient (Wildman–Crippen LogP) is 0.895. The Morgan fingerprint density at radius 2 is 1.84 bits per heavy atom. The third kappa shape index (κ3) is 7.15. The Bertz CT molecular complexity index is 276. The third-order valence-corrected chi connectivity index (χ3v) is 3.36. The van der Waals surface area contributed by atoms with Crippen LogP contribution < -0.4 is 10.6 Å². The maximum Gasteiger partial charge on any atom is 0.233 e. The minimum absolute atomic E-state index is 0.0128. The van der Waals surface area contributed by atoms with Gasteiger partial charge in [-0.25, -0.2) is 0 Å². The summed E-state index contributed by atoms with van der Waals surface area (Å²) in [5.74, 6) is 0.220. The van der Waals surface area contributed by atoms with Gasteiger partial charge in [-0.1, -0.05) is 13.3 Å². The predicted molar refractivity (Wildman–Crippen MR) is 75.8 cm³/mol. The summed E-state index contributed by atoms with van der Waals surface area (Å²) in [5.41, 5.74) is 0. The maximum absolute atomic E-state index is 11.8. The Kier molecular flexibility index (Phi) is 8.21. The van der Waals surface area contributed by atoms with Gasteiger partial charge in [0.25, 0.3) is 0 Å². The van der Waals surface area contributed by atoms with E-state index in [1.54, 1.807) is 0 Å². The van der Waals surface area contributed by atoms with E-state index in [9.17, 15) is 9.59 Å². The van der Waals surface area contributed by atoms with Crippen LogP contribution in [0, 0.1) is 0 Å². The highest BCUT2D eigenvalue weighted by atomic mass is 16.2. The second-order valence-electron chi connectivity index (χ2n) is 5.07. The number of hydrogen-bond acceptors (Lipinski definition) is 3. The topological polar surface area (TPSA) is 61.4 Å².